The molecule has 0 aliphatic heterocycles. The Hall–Kier alpha value is -1.69. The van der Waals surface area contributed by atoms with Crippen LogP contribution in [0.25, 0.3) is 16.9 Å². The van der Waals surface area contributed by atoms with E-state index in [1.54, 1.807) is 16.6 Å². The van der Waals surface area contributed by atoms with Gasteiger partial charge in [0.1, 0.15) is 0 Å². The number of fused-ring (bicyclic) bond motifs is 1. The van der Waals surface area contributed by atoms with Crippen molar-refractivity contribution in [2.24, 2.45) is 5.73 Å². The van der Waals surface area contributed by atoms with Crippen LogP contribution in [0, 0.1) is 0 Å². The number of halogens is 2. The van der Waals surface area contributed by atoms with Crippen LogP contribution in [0.1, 0.15) is 18.8 Å². The maximum Gasteiger partial charge on any atom is 0.178 e. The fraction of sp³-hybridized carbons (Fsp3) is 0.154. The third-order valence-corrected chi connectivity index (χ3v) is 3.45. The van der Waals surface area contributed by atoms with E-state index in [0.29, 0.717) is 27.2 Å². The summed E-state index contributed by atoms with van der Waals surface area (Å²) >= 11 is 12.1. The van der Waals surface area contributed by atoms with Crippen LogP contribution in [-0.2, 0) is 0 Å². The molecule has 0 amide bonds. The second kappa shape index (κ2) is 5.01. The first kappa shape index (κ1) is 13.3. The molecule has 1 aromatic carbocycles. The quantitative estimate of drug-likeness (QED) is 0.789. The molecule has 0 bridgehead atoms. The second-order valence-corrected chi connectivity index (χ2v) is 5.30. The molecular weight excluding hydrogens is 297 g/mol. The monoisotopic (exact) mass is 307 g/mol. The minimum absolute atomic E-state index is 0.256. The minimum Gasteiger partial charge on any atom is -0.321 e. The fourth-order valence-corrected chi connectivity index (χ4v) is 2.44. The van der Waals surface area contributed by atoms with Crippen LogP contribution in [0.2, 0.25) is 10.0 Å². The Kier molecular flexibility index (Phi) is 3.33. The molecule has 3 rings (SSSR count). The van der Waals surface area contributed by atoms with Gasteiger partial charge in [0.05, 0.1) is 16.8 Å². The molecule has 1 atom stereocenters. The summed E-state index contributed by atoms with van der Waals surface area (Å²) in [5, 5.41) is 13.7. The first-order chi connectivity index (χ1) is 9.56. The van der Waals surface area contributed by atoms with E-state index in [2.05, 4.69) is 15.3 Å². The van der Waals surface area contributed by atoms with Gasteiger partial charge >= 0.3 is 0 Å². The highest BCUT2D eigenvalue weighted by atomic mass is 35.5. The van der Waals surface area contributed by atoms with Crippen LogP contribution < -0.4 is 5.73 Å². The van der Waals surface area contributed by atoms with Crippen LogP contribution in [-0.4, -0.2) is 19.8 Å². The predicted molar refractivity (Wildman–Crippen MR) is 78.8 cm³/mol. The predicted octanol–water partition coefficient (Wildman–Crippen LogP) is 3.12. The van der Waals surface area contributed by atoms with Crippen LogP contribution in [0.4, 0.5) is 0 Å². The molecule has 0 radical (unpaired) electrons. The molecule has 20 heavy (non-hydrogen) atoms. The molecular formula is C13H11Cl2N5. The first-order valence-electron chi connectivity index (χ1n) is 5.99. The highest BCUT2D eigenvalue weighted by molar-refractivity contribution is 6.36. The van der Waals surface area contributed by atoms with E-state index in [9.17, 15) is 0 Å². The van der Waals surface area contributed by atoms with Crippen molar-refractivity contribution in [1.82, 2.24) is 19.8 Å². The smallest absolute Gasteiger partial charge is 0.178 e. The van der Waals surface area contributed by atoms with Gasteiger partial charge in [-0.05, 0) is 37.3 Å². The van der Waals surface area contributed by atoms with Crippen molar-refractivity contribution in [2.75, 3.05) is 0 Å². The van der Waals surface area contributed by atoms with Crippen LogP contribution >= 0.6 is 23.2 Å². The van der Waals surface area contributed by atoms with Gasteiger partial charge in [-0.1, -0.05) is 23.2 Å². The summed E-state index contributed by atoms with van der Waals surface area (Å²) in [5.41, 5.74) is 8.00. The molecule has 1 unspecified atom stereocenters. The molecule has 2 aromatic heterocycles. The highest BCUT2D eigenvalue weighted by Crippen LogP contribution is 2.29. The Morgan fingerprint density at radius 2 is 1.95 bits per heavy atom. The van der Waals surface area contributed by atoms with Crippen molar-refractivity contribution in [2.45, 2.75) is 13.0 Å². The zero-order chi connectivity index (χ0) is 14.3. The lowest BCUT2D eigenvalue weighted by Crippen LogP contribution is -2.11. The van der Waals surface area contributed by atoms with Crippen molar-refractivity contribution < 1.29 is 0 Å². The van der Waals surface area contributed by atoms with E-state index in [1.807, 2.05) is 25.1 Å². The normalized spacial score (nSPS) is 12.8. The lowest BCUT2D eigenvalue weighted by atomic mass is 10.1. The van der Waals surface area contributed by atoms with E-state index >= 15 is 0 Å². The number of rotatable bonds is 2. The van der Waals surface area contributed by atoms with Crippen LogP contribution in [0.5, 0.6) is 0 Å². The Labute approximate surface area is 125 Å². The van der Waals surface area contributed by atoms with Crippen LogP contribution in [0.15, 0.2) is 30.3 Å². The minimum atomic E-state index is -0.256. The third kappa shape index (κ3) is 2.24. The summed E-state index contributed by atoms with van der Waals surface area (Å²) in [6.07, 6.45) is 0. The van der Waals surface area contributed by atoms with Gasteiger partial charge in [-0.3, -0.25) is 0 Å². The fourth-order valence-electron chi connectivity index (χ4n) is 1.93. The van der Waals surface area contributed by atoms with Gasteiger partial charge in [-0.15, -0.1) is 10.2 Å². The molecule has 0 aliphatic carbocycles. The molecule has 3 aromatic rings. The van der Waals surface area contributed by atoms with Gasteiger partial charge in [0, 0.05) is 10.6 Å². The molecule has 5 nitrogen and oxygen atoms in total. The van der Waals surface area contributed by atoms with E-state index in [1.165, 1.54) is 0 Å². The van der Waals surface area contributed by atoms with Gasteiger partial charge in [-0.2, -0.15) is 9.61 Å². The Morgan fingerprint density at radius 1 is 1.15 bits per heavy atom. The van der Waals surface area contributed by atoms with Crippen molar-refractivity contribution in [1.29, 1.82) is 0 Å². The molecule has 2 N–H and O–H groups in total. The van der Waals surface area contributed by atoms with Gasteiger partial charge in [0.15, 0.2) is 11.5 Å². The van der Waals surface area contributed by atoms with Crippen molar-refractivity contribution in [3.05, 3.63) is 46.2 Å². The first-order valence-corrected chi connectivity index (χ1v) is 6.75. The molecule has 0 spiro atoms. The van der Waals surface area contributed by atoms with Crippen molar-refractivity contribution in [3.8, 4) is 11.3 Å². The molecule has 0 fully saturated rings. The summed E-state index contributed by atoms with van der Waals surface area (Å²) in [6.45, 7) is 1.83. The molecule has 2 heterocycles. The number of hydrogen-bond donors (Lipinski definition) is 1. The molecule has 7 heteroatoms. The largest absolute Gasteiger partial charge is 0.321 e. The number of benzene rings is 1. The van der Waals surface area contributed by atoms with Crippen LogP contribution in [0.3, 0.4) is 0 Å². The van der Waals surface area contributed by atoms with Gasteiger partial charge in [-0.25, -0.2) is 0 Å². The van der Waals surface area contributed by atoms with E-state index in [4.69, 9.17) is 28.9 Å². The summed E-state index contributed by atoms with van der Waals surface area (Å²) in [4.78, 5) is 0. The topological polar surface area (TPSA) is 69.1 Å². The van der Waals surface area contributed by atoms with E-state index in [0.717, 1.165) is 5.56 Å². The summed E-state index contributed by atoms with van der Waals surface area (Å²) < 4.78 is 1.63. The Balaban J connectivity index is 2.19. The third-order valence-electron chi connectivity index (χ3n) is 2.90. The molecule has 0 saturated carbocycles. The summed E-state index contributed by atoms with van der Waals surface area (Å²) in [5.74, 6) is 0.604. The SMILES string of the molecule is CC(N)c1nnc2ccc(-c3ccc(Cl)cc3Cl)nn12. The van der Waals surface area contributed by atoms with Gasteiger partial charge in [0.25, 0.3) is 0 Å². The van der Waals surface area contributed by atoms with Gasteiger partial charge < -0.3 is 5.73 Å². The average molecular weight is 308 g/mol. The lowest BCUT2D eigenvalue weighted by Gasteiger charge is -2.06. The highest BCUT2D eigenvalue weighted by Gasteiger charge is 2.13. The lowest BCUT2D eigenvalue weighted by molar-refractivity contribution is 0.696. The second-order valence-electron chi connectivity index (χ2n) is 4.46. The summed E-state index contributed by atoms with van der Waals surface area (Å²) in [7, 11) is 0. The zero-order valence-corrected chi connectivity index (χ0v) is 12.1. The Bertz CT molecular complexity index is 782. The molecule has 0 aliphatic rings. The summed E-state index contributed by atoms with van der Waals surface area (Å²) in [6, 6.07) is 8.69. The maximum atomic E-state index is 6.20. The number of nitrogens with two attached hydrogens (primary N) is 1. The number of hydrogen-bond acceptors (Lipinski definition) is 4. The van der Waals surface area contributed by atoms with Crippen molar-refractivity contribution in [3.63, 3.8) is 0 Å². The number of nitrogens with zero attached hydrogens (tertiary/aromatic N) is 4. The van der Waals surface area contributed by atoms with Gasteiger partial charge in [0.2, 0.25) is 0 Å². The molecule has 0 saturated heterocycles. The molecule has 102 valence electrons. The zero-order valence-electron chi connectivity index (χ0n) is 10.6. The number of aromatic nitrogens is 4. The standard InChI is InChI=1S/C13H11Cl2N5/c1-7(16)13-18-17-12-5-4-11(19-20(12)13)9-3-2-8(14)6-10(9)15/h2-7H,16H2,1H3. The average Bonchev–Trinajstić information content (AvgIpc) is 2.81. The van der Waals surface area contributed by atoms with E-state index in [-0.39, 0.29) is 6.04 Å². The van der Waals surface area contributed by atoms with Crippen molar-refractivity contribution >= 4 is 28.8 Å². The Morgan fingerprint density at radius 3 is 2.65 bits per heavy atom. The maximum absolute atomic E-state index is 6.20. The van der Waals surface area contributed by atoms with E-state index < -0.39 is 0 Å².